The minimum absolute atomic E-state index is 0.228. The van der Waals surface area contributed by atoms with E-state index in [0.717, 1.165) is 23.3 Å². The van der Waals surface area contributed by atoms with Gasteiger partial charge in [-0.25, -0.2) is 0 Å². The zero-order valence-electron chi connectivity index (χ0n) is 12.2. The molecule has 1 spiro atoms. The van der Waals surface area contributed by atoms with Crippen LogP contribution in [0, 0.1) is 0 Å². The van der Waals surface area contributed by atoms with E-state index in [0.29, 0.717) is 12.6 Å². The quantitative estimate of drug-likeness (QED) is 0.845. The highest BCUT2D eigenvalue weighted by molar-refractivity contribution is 7.99. The largest absolute Gasteiger partial charge is 0.371 e. The standard InChI is InChI=1S/C14H24N4OS/c1-2-18-12(9-15)16-17-13(18)20-10-11-5-8-14(19-11)6-3-4-7-14/h11H,2-10,15H2,1H3. The first-order valence-electron chi connectivity index (χ1n) is 7.69. The van der Waals surface area contributed by atoms with E-state index in [9.17, 15) is 0 Å². The second-order valence-electron chi connectivity index (χ2n) is 5.83. The highest BCUT2D eigenvalue weighted by atomic mass is 32.2. The lowest BCUT2D eigenvalue weighted by Crippen LogP contribution is -2.25. The molecule has 1 atom stereocenters. The van der Waals surface area contributed by atoms with Crippen LogP contribution in [0.25, 0.3) is 0 Å². The average molecular weight is 296 g/mol. The third-order valence-corrected chi connectivity index (χ3v) is 5.64. The van der Waals surface area contributed by atoms with Crippen LogP contribution in [0.3, 0.4) is 0 Å². The maximum atomic E-state index is 6.34. The second-order valence-corrected chi connectivity index (χ2v) is 6.81. The molecule has 2 N–H and O–H groups in total. The molecule has 0 radical (unpaired) electrons. The van der Waals surface area contributed by atoms with Gasteiger partial charge in [0.15, 0.2) is 5.16 Å². The first-order valence-corrected chi connectivity index (χ1v) is 8.67. The Morgan fingerprint density at radius 2 is 2.15 bits per heavy atom. The van der Waals surface area contributed by atoms with Crippen LogP contribution in [-0.2, 0) is 17.8 Å². The highest BCUT2D eigenvalue weighted by Gasteiger charge is 2.42. The Kier molecular flexibility index (Phi) is 4.33. The lowest BCUT2D eigenvalue weighted by atomic mass is 9.98. The van der Waals surface area contributed by atoms with E-state index in [1.165, 1.54) is 38.5 Å². The van der Waals surface area contributed by atoms with Gasteiger partial charge < -0.3 is 15.0 Å². The van der Waals surface area contributed by atoms with Crippen LogP contribution < -0.4 is 5.73 Å². The minimum atomic E-state index is 0.228. The third-order valence-electron chi connectivity index (χ3n) is 4.54. The van der Waals surface area contributed by atoms with Gasteiger partial charge >= 0.3 is 0 Å². The molecule has 1 saturated carbocycles. The van der Waals surface area contributed by atoms with Crippen LogP contribution in [0.2, 0.25) is 0 Å². The Morgan fingerprint density at radius 1 is 1.35 bits per heavy atom. The predicted molar refractivity (Wildman–Crippen MR) is 79.6 cm³/mol. The van der Waals surface area contributed by atoms with Crippen LogP contribution in [0.5, 0.6) is 0 Å². The summed E-state index contributed by atoms with van der Waals surface area (Å²) in [6, 6.07) is 0. The van der Waals surface area contributed by atoms with E-state index in [2.05, 4.69) is 21.7 Å². The molecule has 6 heteroatoms. The molecule has 2 heterocycles. The number of aromatic nitrogens is 3. The van der Waals surface area contributed by atoms with Gasteiger partial charge in [-0.2, -0.15) is 0 Å². The smallest absolute Gasteiger partial charge is 0.191 e. The summed E-state index contributed by atoms with van der Waals surface area (Å²) in [6.07, 6.45) is 8.01. The number of rotatable bonds is 5. The number of thioether (sulfide) groups is 1. The van der Waals surface area contributed by atoms with Crippen molar-refractivity contribution in [1.82, 2.24) is 14.8 Å². The van der Waals surface area contributed by atoms with Crippen molar-refractivity contribution in [2.45, 2.75) is 75.4 Å². The van der Waals surface area contributed by atoms with Crippen molar-refractivity contribution in [1.29, 1.82) is 0 Å². The normalized spacial score (nSPS) is 24.8. The summed E-state index contributed by atoms with van der Waals surface area (Å²) in [5.41, 5.74) is 5.91. The summed E-state index contributed by atoms with van der Waals surface area (Å²) in [6.45, 7) is 3.42. The van der Waals surface area contributed by atoms with Crippen molar-refractivity contribution in [3.05, 3.63) is 5.82 Å². The SMILES string of the molecule is CCn1c(CN)nnc1SCC1CCC2(CCCC2)O1. The Morgan fingerprint density at radius 3 is 2.85 bits per heavy atom. The van der Waals surface area contributed by atoms with Crippen molar-refractivity contribution in [3.63, 3.8) is 0 Å². The van der Waals surface area contributed by atoms with Crippen LogP contribution in [0.1, 0.15) is 51.3 Å². The van der Waals surface area contributed by atoms with E-state index in [-0.39, 0.29) is 5.60 Å². The van der Waals surface area contributed by atoms with Crippen molar-refractivity contribution in [2.24, 2.45) is 5.73 Å². The van der Waals surface area contributed by atoms with Crippen molar-refractivity contribution >= 4 is 11.8 Å². The maximum absolute atomic E-state index is 6.34. The Labute approximate surface area is 124 Å². The lowest BCUT2D eigenvalue weighted by molar-refractivity contribution is -0.0267. The molecule has 112 valence electrons. The van der Waals surface area contributed by atoms with Crippen molar-refractivity contribution in [3.8, 4) is 0 Å². The maximum Gasteiger partial charge on any atom is 0.191 e. The lowest BCUT2D eigenvalue weighted by Gasteiger charge is -2.23. The van der Waals surface area contributed by atoms with Crippen LogP contribution in [0.15, 0.2) is 5.16 Å². The Bertz CT molecular complexity index is 456. The number of ether oxygens (including phenoxy) is 1. The molecule has 0 bridgehead atoms. The van der Waals surface area contributed by atoms with E-state index in [1.807, 2.05) is 0 Å². The number of hydrogen-bond acceptors (Lipinski definition) is 5. The number of nitrogens with zero attached hydrogens (tertiary/aromatic N) is 3. The topological polar surface area (TPSA) is 66.0 Å². The molecule has 5 nitrogen and oxygen atoms in total. The van der Waals surface area contributed by atoms with Crippen molar-refractivity contribution < 1.29 is 4.74 Å². The van der Waals surface area contributed by atoms with E-state index in [4.69, 9.17) is 10.5 Å². The molecule has 1 unspecified atom stereocenters. The zero-order chi connectivity index (χ0) is 14.0. The van der Waals surface area contributed by atoms with Gasteiger partial charge in [0.25, 0.3) is 0 Å². The molecule has 3 rings (SSSR count). The molecular weight excluding hydrogens is 272 g/mol. The fourth-order valence-corrected chi connectivity index (χ4v) is 4.52. The second kappa shape index (κ2) is 6.03. The van der Waals surface area contributed by atoms with Gasteiger partial charge in [0.1, 0.15) is 5.82 Å². The highest BCUT2D eigenvalue weighted by Crippen LogP contribution is 2.44. The van der Waals surface area contributed by atoms with Gasteiger partial charge in [0.2, 0.25) is 0 Å². The monoisotopic (exact) mass is 296 g/mol. The summed E-state index contributed by atoms with van der Waals surface area (Å²) in [5, 5.41) is 9.37. The fourth-order valence-electron chi connectivity index (χ4n) is 3.46. The first-order chi connectivity index (χ1) is 9.76. The Hall–Kier alpha value is -0.590. The van der Waals surface area contributed by atoms with Crippen LogP contribution in [0.4, 0.5) is 0 Å². The van der Waals surface area contributed by atoms with Gasteiger partial charge in [0.05, 0.1) is 18.2 Å². The molecular formula is C14H24N4OS. The molecule has 2 fully saturated rings. The fraction of sp³-hybridized carbons (Fsp3) is 0.857. The zero-order valence-corrected chi connectivity index (χ0v) is 13.0. The molecule has 20 heavy (non-hydrogen) atoms. The molecule has 1 aromatic rings. The van der Waals surface area contributed by atoms with E-state index in [1.54, 1.807) is 11.8 Å². The molecule has 2 aliphatic rings. The molecule has 0 aromatic carbocycles. The molecule has 1 saturated heterocycles. The minimum Gasteiger partial charge on any atom is -0.371 e. The van der Waals surface area contributed by atoms with Gasteiger partial charge in [-0.1, -0.05) is 24.6 Å². The summed E-state index contributed by atoms with van der Waals surface area (Å²) >= 11 is 1.76. The number of nitrogens with two attached hydrogens (primary N) is 1. The third kappa shape index (κ3) is 2.73. The van der Waals surface area contributed by atoms with E-state index >= 15 is 0 Å². The van der Waals surface area contributed by atoms with Gasteiger partial charge in [-0.15, -0.1) is 10.2 Å². The van der Waals surface area contributed by atoms with Crippen LogP contribution in [-0.4, -0.2) is 32.2 Å². The molecule has 1 aromatic heterocycles. The van der Waals surface area contributed by atoms with Gasteiger partial charge in [0, 0.05) is 12.3 Å². The van der Waals surface area contributed by atoms with Crippen molar-refractivity contribution in [2.75, 3.05) is 5.75 Å². The molecule has 1 aliphatic heterocycles. The molecule has 1 aliphatic carbocycles. The average Bonchev–Trinajstić information content (AvgIpc) is 3.18. The van der Waals surface area contributed by atoms with Crippen LogP contribution >= 0.6 is 11.8 Å². The Balaban J connectivity index is 1.56. The summed E-state index contributed by atoms with van der Waals surface area (Å²) < 4.78 is 8.44. The summed E-state index contributed by atoms with van der Waals surface area (Å²) in [7, 11) is 0. The summed E-state index contributed by atoms with van der Waals surface area (Å²) in [4.78, 5) is 0. The first kappa shape index (κ1) is 14.4. The number of hydrogen-bond donors (Lipinski definition) is 1. The molecule has 0 amide bonds. The van der Waals surface area contributed by atoms with Gasteiger partial charge in [-0.3, -0.25) is 0 Å². The van der Waals surface area contributed by atoms with Gasteiger partial charge in [-0.05, 0) is 32.6 Å². The van der Waals surface area contributed by atoms with E-state index < -0.39 is 0 Å². The summed E-state index contributed by atoms with van der Waals surface area (Å²) in [5.74, 6) is 1.85. The predicted octanol–water partition coefficient (Wildman–Crippen LogP) is 2.34.